The van der Waals surface area contributed by atoms with Gasteiger partial charge in [-0.15, -0.1) is 0 Å². The molecule has 0 saturated carbocycles. The predicted octanol–water partition coefficient (Wildman–Crippen LogP) is 3.53. The highest BCUT2D eigenvalue weighted by molar-refractivity contribution is 9.28. The van der Waals surface area contributed by atoms with Crippen molar-refractivity contribution in [3.05, 3.63) is 9.47 Å². The Balaban J connectivity index is 4.02. The van der Waals surface area contributed by atoms with Gasteiger partial charge in [-0.1, -0.05) is 0 Å². The summed E-state index contributed by atoms with van der Waals surface area (Å²) < 4.78 is 5.88. The molecule has 1 atom stereocenters. The Labute approximate surface area is 102 Å². The molecule has 0 fully saturated rings. The van der Waals surface area contributed by atoms with E-state index in [-0.39, 0.29) is 6.04 Å². The van der Waals surface area contributed by atoms with E-state index in [0.29, 0.717) is 0 Å². The molecule has 5 heteroatoms. The second kappa shape index (κ2) is 5.75. The summed E-state index contributed by atoms with van der Waals surface area (Å²) in [6, 6.07) is -0.0846. The first-order chi connectivity index (χ1) is 6.20. The second-order valence-electron chi connectivity index (χ2n) is 3.89. The third-order valence-corrected chi connectivity index (χ3v) is 1.65. The number of halogens is 2. The Kier molecular flexibility index (Phi) is 5.74. The summed E-state index contributed by atoms with van der Waals surface area (Å²) in [4.78, 5) is 11.3. The van der Waals surface area contributed by atoms with Gasteiger partial charge in [-0.3, -0.25) is 0 Å². The van der Waals surface area contributed by atoms with Gasteiger partial charge in [-0.25, -0.2) is 4.79 Å². The Morgan fingerprint density at radius 2 is 1.93 bits per heavy atom. The maximum atomic E-state index is 11.3. The highest BCUT2D eigenvalue weighted by Crippen LogP contribution is 2.13. The van der Waals surface area contributed by atoms with Gasteiger partial charge in [0.1, 0.15) is 5.60 Å². The summed E-state index contributed by atoms with van der Waals surface area (Å²) in [5.41, 5.74) is -0.459. The summed E-state index contributed by atoms with van der Waals surface area (Å²) in [6.45, 7) is 7.33. The summed E-state index contributed by atoms with van der Waals surface area (Å²) >= 11 is 6.42. The smallest absolute Gasteiger partial charge is 0.408 e. The van der Waals surface area contributed by atoms with Crippen LogP contribution in [0.2, 0.25) is 0 Å². The van der Waals surface area contributed by atoms with Crippen LogP contribution in [0.4, 0.5) is 4.79 Å². The lowest BCUT2D eigenvalue weighted by atomic mass is 10.2. The van der Waals surface area contributed by atoms with Gasteiger partial charge in [-0.2, -0.15) is 0 Å². The minimum Gasteiger partial charge on any atom is -0.444 e. The fourth-order valence-corrected chi connectivity index (χ4v) is 1.52. The number of nitrogens with one attached hydrogen (secondary N) is 1. The zero-order chi connectivity index (χ0) is 11.4. The van der Waals surface area contributed by atoms with Gasteiger partial charge in [0.05, 0.1) is 3.39 Å². The molecule has 14 heavy (non-hydrogen) atoms. The van der Waals surface area contributed by atoms with Gasteiger partial charge in [0.15, 0.2) is 0 Å². The maximum absolute atomic E-state index is 11.3. The molecule has 0 bridgehead atoms. The number of hydrogen-bond donors (Lipinski definition) is 1. The normalized spacial score (nSPS) is 13.0. The molecule has 0 spiro atoms. The van der Waals surface area contributed by atoms with E-state index in [4.69, 9.17) is 4.74 Å². The van der Waals surface area contributed by atoms with Crippen LogP contribution in [-0.4, -0.2) is 17.7 Å². The van der Waals surface area contributed by atoms with E-state index in [0.717, 1.165) is 3.39 Å². The zero-order valence-corrected chi connectivity index (χ0v) is 11.9. The lowest BCUT2D eigenvalue weighted by molar-refractivity contribution is 0.0518. The molecule has 0 aliphatic carbocycles. The van der Waals surface area contributed by atoms with Crippen LogP contribution in [0.5, 0.6) is 0 Å². The molecule has 0 aromatic rings. The van der Waals surface area contributed by atoms with Crippen molar-refractivity contribution in [1.29, 1.82) is 0 Å². The van der Waals surface area contributed by atoms with Crippen molar-refractivity contribution in [3.63, 3.8) is 0 Å². The number of carbonyl (C=O) groups is 1. The highest BCUT2D eigenvalue weighted by atomic mass is 79.9. The topological polar surface area (TPSA) is 38.3 Å². The van der Waals surface area contributed by atoms with Crippen LogP contribution in [0.3, 0.4) is 0 Å². The van der Waals surface area contributed by atoms with Crippen molar-refractivity contribution in [2.45, 2.75) is 39.3 Å². The Morgan fingerprint density at radius 1 is 1.43 bits per heavy atom. The largest absolute Gasteiger partial charge is 0.444 e. The van der Waals surface area contributed by atoms with Gasteiger partial charge >= 0.3 is 6.09 Å². The molecular weight excluding hydrogens is 314 g/mol. The lowest BCUT2D eigenvalue weighted by Crippen LogP contribution is -2.36. The van der Waals surface area contributed by atoms with Gasteiger partial charge in [0, 0.05) is 6.04 Å². The summed E-state index contributed by atoms with van der Waals surface area (Å²) in [7, 11) is 0. The standard InChI is InChI=1S/C9H15Br2NO2/c1-6(5-7(10)11)12-8(13)14-9(2,3)4/h5-6H,1-4H3,(H,12,13)/t6-/m1/s1. The maximum Gasteiger partial charge on any atom is 0.408 e. The van der Waals surface area contributed by atoms with Gasteiger partial charge in [-0.05, 0) is 65.6 Å². The summed E-state index contributed by atoms with van der Waals surface area (Å²) in [5.74, 6) is 0. The number of alkyl carbamates (subject to hydrolysis) is 1. The molecule has 0 rings (SSSR count). The zero-order valence-electron chi connectivity index (χ0n) is 8.73. The van der Waals surface area contributed by atoms with E-state index in [9.17, 15) is 4.79 Å². The minimum absolute atomic E-state index is 0.0846. The number of amides is 1. The molecule has 0 radical (unpaired) electrons. The Bertz CT molecular complexity index is 229. The van der Waals surface area contributed by atoms with Crippen molar-refractivity contribution in [1.82, 2.24) is 5.32 Å². The molecule has 1 amide bonds. The quantitative estimate of drug-likeness (QED) is 0.842. The molecule has 0 aliphatic rings. The highest BCUT2D eigenvalue weighted by Gasteiger charge is 2.16. The minimum atomic E-state index is -0.459. The van der Waals surface area contributed by atoms with Crippen LogP contribution in [0, 0.1) is 0 Å². The van der Waals surface area contributed by atoms with Crippen LogP contribution in [0.25, 0.3) is 0 Å². The van der Waals surface area contributed by atoms with Crippen LogP contribution in [0.1, 0.15) is 27.7 Å². The summed E-state index contributed by atoms with van der Waals surface area (Å²) in [5, 5.41) is 2.67. The van der Waals surface area contributed by atoms with Crippen molar-refractivity contribution in [2.24, 2.45) is 0 Å². The first kappa shape index (κ1) is 14.0. The van der Waals surface area contributed by atoms with E-state index in [2.05, 4.69) is 37.2 Å². The third kappa shape index (κ3) is 8.56. The molecular formula is C9H15Br2NO2. The van der Waals surface area contributed by atoms with E-state index in [1.54, 1.807) is 0 Å². The van der Waals surface area contributed by atoms with Gasteiger partial charge in [0.25, 0.3) is 0 Å². The first-order valence-electron chi connectivity index (χ1n) is 4.23. The first-order valence-corrected chi connectivity index (χ1v) is 5.81. The number of ether oxygens (including phenoxy) is 1. The van der Waals surface area contributed by atoms with Crippen LogP contribution in [-0.2, 0) is 4.74 Å². The average Bonchev–Trinajstić information content (AvgIpc) is 1.77. The summed E-state index contributed by atoms with van der Waals surface area (Å²) in [6.07, 6.45) is 1.40. The number of carbonyl (C=O) groups excluding carboxylic acids is 1. The van der Waals surface area contributed by atoms with Crippen LogP contribution in [0.15, 0.2) is 9.47 Å². The van der Waals surface area contributed by atoms with Crippen LogP contribution >= 0.6 is 31.9 Å². The monoisotopic (exact) mass is 327 g/mol. The van der Waals surface area contributed by atoms with Crippen molar-refractivity contribution in [3.8, 4) is 0 Å². The third-order valence-electron chi connectivity index (χ3n) is 1.12. The molecule has 3 nitrogen and oxygen atoms in total. The molecule has 0 heterocycles. The number of hydrogen-bond acceptors (Lipinski definition) is 2. The van der Waals surface area contributed by atoms with E-state index in [1.807, 2.05) is 33.8 Å². The number of rotatable bonds is 2. The fraction of sp³-hybridized carbons (Fsp3) is 0.667. The average molecular weight is 329 g/mol. The van der Waals surface area contributed by atoms with E-state index in [1.165, 1.54) is 0 Å². The van der Waals surface area contributed by atoms with Crippen molar-refractivity contribution >= 4 is 38.0 Å². The molecule has 1 N–H and O–H groups in total. The second-order valence-corrected chi connectivity index (χ2v) is 6.66. The molecule has 0 unspecified atom stereocenters. The SMILES string of the molecule is C[C@H](C=C(Br)Br)NC(=O)OC(C)(C)C. The van der Waals surface area contributed by atoms with E-state index < -0.39 is 11.7 Å². The Hall–Kier alpha value is -0.0300. The van der Waals surface area contributed by atoms with Crippen molar-refractivity contribution in [2.75, 3.05) is 0 Å². The lowest BCUT2D eigenvalue weighted by Gasteiger charge is -2.20. The van der Waals surface area contributed by atoms with Crippen LogP contribution < -0.4 is 5.32 Å². The van der Waals surface area contributed by atoms with E-state index >= 15 is 0 Å². The molecule has 82 valence electrons. The van der Waals surface area contributed by atoms with Crippen molar-refractivity contribution < 1.29 is 9.53 Å². The molecule has 0 aliphatic heterocycles. The Morgan fingerprint density at radius 3 is 2.29 bits per heavy atom. The predicted molar refractivity (Wildman–Crippen MR) is 64.8 cm³/mol. The molecule has 0 saturated heterocycles. The fourth-order valence-electron chi connectivity index (χ4n) is 0.724. The molecule has 0 aromatic carbocycles. The van der Waals surface area contributed by atoms with Gasteiger partial charge in [0.2, 0.25) is 0 Å². The van der Waals surface area contributed by atoms with Gasteiger partial charge < -0.3 is 10.1 Å². The molecule has 0 aromatic heterocycles.